The highest BCUT2D eigenvalue weighted by Gasteiger charge is 2.22. The molecule has 1 N–H and O–H groups in total. The highest BCUT2D eigenvalue weighted by atomic mass is 16.6. The lowest BCUT2D eigenvalue weighted by molar-refractivity contribution is 0.0509. The zero-order chi connectivity index (χ0) is 19.9. The summed E-state index contributed by atoms with van der Waals surface area (Å²) in [6.45, 7) is 4.39. The van der Waals surface area contributed by atoms with E-state index in [-0.39, 0.29) is 13.3 Å². The van der Waals surface area contributed by atoms with Crippen LogP contribution < -0.4 is 10.4 Å². The van der Waals surface area contributed by atoms with Crippen molar-refractivity contribution in [1.29, 1.82) is 0 Å². The van der Waals surface area contributed by atoms with E-state index >= 15 is 0 Å². The molecular weight excluding hydrogens is 360 g/mol. The van der Waals surface area contributed by atoms with Crippen LogP contribution in [0.5, 0.6) is 0 Å². The van der Waals surface area contributed by atoms with Crippen LogP contribution in [-0.2, 0) is 25.7 Å². The van der Waals surface area contributed by atoms with Crippen molar-refractivity contribution in [3.63, 3.8) is 0 Å². The third kappa shape index (κ3) is 4.27. The molecule has 0 bridgehead atoms. The summed E-state index contributed by atoms with van der Waals surface area (Å²) in [7, 11) is 2.85. The van der Waals surface area contributed by atoms with Crippen LogP contribution in [0.3, 0.4) is 0 Å². The van der Waals surface area contributed by atoms with E-state index in [0.29, 0.717) is 11.4 Å². The fourth-order valence-corrected chi connectivity index (χ4v) is 3.21. The molecule has 1 heterocycles. The van der Waals surface area contributed by atoms with Crippen molar-refractivity contribution in [3.8, 4) is 0 Å². The molecule has 0 unspecified atom stereocenters. The number of allylic oxidation sites excluding steroid dienone is 4. The van der Waals surface area contributed by atoms with Crippen LogP contribution in [-0.4, -0.2) is 27.0 Å². The Labute approximate surface area is 164 Å². The minimum Gasteiger partial charge on any atom is -0.472 e. The average Bonchev–Trinajstić information content (AvgIpc) is 3.16. The van der Waals surface area contributed by atoms with Crippen LogP contribution in [0.4, 0.5) is 10.5 Å². The average molecular weight is 384 g/mol. The van der Waals surface area contributed by atoms with Gasteiger partial charge in [0.15, 0.2) is 0 Å². The molecule has 2 aliphatic rings. The van der Waals surface area contributed by atoms with Crippen LogP contribution in [0.25, 0.3) is 0 Å². The highest BCUT2D eigenvalue weighted by Crippen LogP contribution is 2.36. The Kier molecular flexibility index (Phi) is 6.52. The zero-order valence-electron chi connectivity index (χ0n) is 16.1. The number of rotatable bonds is 8. The number of nitrogens with zero attached hydrogens (tertiary/aromatic N) is 1. The molecule has 1 aromatic rings. The summed E-state index contributed by atoms with van der Waals surface area (Å²) in [6, 6.07) is 7.41. The van der Waals surface area contributed by atoms with Crippen molar-refractivity contribution in [1.82, 2.24) is 5.48 Å². The number of hydrogen-bond acceptors (Lipinski definition) is 6. The molecule has 7 nitrogen and oxygen atoms in total. The third-order valence-corrected chi connectivity index (χ3v) is 4.56. The first-order valence-corrected chi connectivity index (χ1v) is 8.89. The third-order valence-electron chi connectivity index (χ3n) is 4.56. The predicted octanol–water partition coefficient (Wildman–Crippen LogP) is 3.92. The van der Waals surface area contributed by atoms with E-state index in [1.807, 2.05) is 30.3 Å². The van der Waals surface area contributed by atoms with Crippen molar-refractivity contribution >= 4 is 11.8 Å². The van der Waals surface area contributed by atoms with E-state index in [0.717, 1.165) is 29.6 Å². The number of amides is 1. The van der Waals surface area contributed by atoms with Crippen molar-refractivity contribution in [2.45, 2.75) is 19.4 Å². The minimum absolute atomic E-state index is 0.0730. The molecule has 148 valence electrons. The van der Waals surface area contributed by atoms with Gasteiger partial charge in [-0.05, 0) is 41.7 Å². The number of benzene rings is 1. The van der Waals surface area contributed by atoms with Gasteiger partial charge in [0.25, 0.3) is 0 Å². The highest BCUT2D eigenvalue weighted by molar-refractivity contribution is 5.88. The standard InChI is InChI=1S/C21H24N2O5/c1-15(18-9-8-16-12-27-11-10-19(16)18)22-28-13-17-6-4-5-7-20(17)23(14-25-2)21(24)26-3/h4-7,10-12,22H,1,8-9,13-14H2,2-3H3. The van der Waals surface area contributed by atoms with Gasteiger partial charge in [0.05, 0.1) is 31.0 Å². The van der Waals surface area contributed by atoms with Crippen molar-refractivity contribution < 1.29 is 23.8 Å². The van der Waals surface area contributed by atoms with Gasteiger partial charge in [0.2, 0.25) is 0 Å². The van der Waals surface area contributed by atoms with Gasteiger partial charge >= 0.3 is 6.09 Å². The lowest BCUT2D eigenvalue weighted by atomic mass is 10.1. The fourth-order valence-electron chi connectivity index (χ4n) is 3.21. The Bertz CT molecular complexity index is 841. The number of hydrogen-bond donors (Lipinski definition) is 1. The molecule has 1 aliphatic carbocycles. The van der Waals surface area contributed by atoms with Crippen LogP contribution in [0.2, 0.25) is 0 Å². The molecule has 0 saturated carbocycles. The maximum Gasteiger partial charge on any atom is 0.415 e. The summed E-state index contributed by atoms with van der Waals surface area (Å²) in [4.78, 5) is 19.1. The summed E-state index contributed by atoms with van der Waals surface area (Å²) in [6.07, 6.45) is 6.66. The van der Waals surface area contributed by atoms with Crippen molar-refractivity contribution in [2.75, 3.05) is 25.9 Å². The topological polar surface area (TPSA) is 69.3 Å². The molecule has 1 aromatic carbocycles. The number of hydroxylamine groups is 1. The quantitative estimate of drug-likeness (QED) is 0.541. The molecule has 1 aliphatic heterocycles. The second kappa shape index (κ2) is 9.25. The number of anilines is 1. The smallest absolute Gasteiger partial charge is 0.415 e. The van der Waals surface area contributed by atoms with E-state index in [1.165, 1.54) is 24.7 Å². The first-order chi connectivity index (χ1) is 13.7. The van der Waals surface area contributed by atoms with Crippen LogP contribution >= 0.6 is 0 Å². The van der Waals surface area contributed by atoms with E-state index in [4.69, 9.17) is 19.0 Å². The molecular formula is C21H24N2O5. The van der Waals surface area contributed by atoms with Crippen LogP contribution in [0.15, 0.2) is 71.9 Å². The second-order valence-electron chi connectivity index (χ2n) is 6.29. The van der Waals surface area contributed by atoms with Gasteiger partial charge in [-0.3, -0.25) is 15.2 Å². The summed E-state index contributed by atoms with van der Waals surface area (Å²) < 4.78 is 15.2. The normalized spacial score (nSPS) is 14.9. The zero-order valence-corrected chi connectivity index (χ0v) is 16.1. The van der Waals surface area contributed by atoms with Crippen molar-refractivity contribution in [2.24, 2.45) is 0 Å². The van der Waals surface area contributed by atoms with Gasteiger partial charge in [0, 0.05) is 12.7 Å². The fraction of sp³-hybridized carbons (Fsp3) is 0.286. The van der Waals surface area contributed by atoms with Gasteiger partial charge < -0.3 is 14.2 Å². The van der Waals surface area contributed by atoms with Gasteiger partial charge in [-0.25, -0.2) is 4.79 Å². The number of fused-ring (bicyclic) bond motifs is 1. The largest absolute Gasteiger partial charge is 0.472 e. The number of methoxy groups -OCH3 is 2. The number of para-hydroxylation sites is 1. The monoisotopic (exact) mass is 384 g/mol. The van der Waals surface area contributed by atoms with Gasteiger partial charge in [-0.2, -0.15) is 0 Å². The maximum absolute atomic E-state index is 12.1. The van der Waals surface area contributed by atoms with Crippen LogP contribution in [0, 0.1) is 0 Å². The predicted molar refractivity (Wildman–Crippen MR) is 105 cm³/mol. The number of ether oxygens (including phenoxy) is 3. The lowest BCUT2D eigenvalue weighted by Gasteiger charge is -2.23. The molecule has 0 atom stereocenters. The van der Waals surface area contributed by atoms with E-state index in [2.05, 4.69) is 12.1 Å². The first-order valence-electron chi connectivity index (χ1n) is 8.89. The first kappa shape index (κ1) is 19.7. The molecule has 0 radical (unpaired) electrons. The number of carbonyl (C=O) groups is 1. The van der Waals surface area contributed by atoms with Gasteiger partial charge in [-0.15, -0.1) is 0 Å². The summed E-state index contributed by atoms with van der Waals surface area (Å²) >= 11 is 0. The van der Waals surface area contributed by atoms with E-state index < -0.39 is 6.09 Å². The number of nitrogens with one attached hydrogen (secondary N) is 1. The van der Waals surface area contributed by atoms with Gasteiger partial charge in [0.1, 0.15) is 13.3 Å². The van der Waals surface area contributed by atoms with Crippen LogP contribution in [0.1, 0.15) is 18.4 Å². The van der Waals surface area contributed by atoms with E-state index in [1.54, 1.807) is 12.5 Å². The maximum atomic E-state index is 12.1. The van der Waals surface area contributed by atoms with E-state index in [9.17, 15) is 4.79 Å². The Morgan fingerprint density at radius 1 is 1.29 bits per heavy atom. The Morgan fingerprint density at radius 2 is 2.11 bits per heavy atom. The summed E-state index contributed by atoms with van der Waals surface area (Å²) in [5, 5.41) is 0. The molecule has 1 amide bonds. The Balaban J connectivity index is 1.66. The van der Waals surface area contributed by atoms with Gasteiger partial charge in [-0.1, -0.05) is 24.8 Å². The molecule has 0 saturated heterocycles. The molecule has 0 aromatic heterocycles. The second-order valence-corrected chi connectivity index (χ2v) is 6.29. The summed E-state index contributed by atoms with van der Waals surface area (Å²) in [5.74, 6) is 0. The Hall–Kier alpha value is -3.03. The summed E-state index contributed by atoms with van der Waals surface area (Å²) in [5.41, 5.74) is 8.50. The number of carbonyl (C=O) groups excluding carboxylic acids is 1. The Morgan fingerprint density at radius 3 is 2.89 bits per heavy atom. The molecule has 3 rings (SSSR count). The molecule has 28 heavy (non-hydrogen) atoms. The SMILES string of the molecule is C=C(NOCc1ccccc1N(COC)C(=O)OC)C1=C2C=COC=C2CC1. The molecule has 7 heteroatoms. The lowest BCUT2D eigenvalue weighted by Crippen LogP contribution is -2.33. The molecule has 0 spiro atoms. The van der Waals surface area contributed by atoms with Crippen molar-refractivity contribution in [3.05, 3.63) is 77.4 Å². The molecule has 0 fully saturated rings. The minimum atomic E-state index is -0.504.